The van der Waals surface area contributed by atoms with Crippen molar-refractivity contribution in [1.29, 1.82) is 0 Å². The SMILES string of the molecule is CC(C)c1nnc(NC(=O)CCCc2nc(-c3ccc(Cl)cc3)no2)s1. The van der Waals surface area contributed by atoms with Crippen molar-refractivity contribution in [2.45, 2.75) is 39.0 Å². The number of nitrogens with zero attached hydrogens (tertiary/aromatic N) is 4. The third-order valence-electron chi connectivity index (χ3n) is 3.55. The fraction of sp³-hybridized carbons (Fsp3) is 0.353. The van der Waals surface area contributed by atoms with Crippen LogP contribution in [0, 0.1) is 0 Å². The lowest BCUT2D eigenvalue weighted by Crippen LogP contribution is -2.11. The zero-order valence-corrected chi connectivity index (χ0v) is 16.0. The molecule has 136 valence electrons. The number of hydrogen-bond acceptors (Lipinski definition) is 7. The number of carbonyl (C=O) groups is 1. The van der Waals surface area contributed by atoms with Crippen LogP contribution in [-0.4, -0.2) is 26.2 Å². The molecule has 0 atom stereocenters. The highest BCUT2D eigenvalue weighted by molar-refractivity contribution is 7.15. The second-order valence-corrected chi connectivity index (χ2v) is 7.47. The van der Waals surface area contributed by atoms with Crippen molar-refractivity contribution in [3.63, 3.8) is 0 Å². The molecule has 1 N–H and O–H groups in total. The van der Waals surface area contributed by atoms with Crippen LogP contribution < -0.4 is 5.32 Å². The van der Waals surface area contributed by atoms with Crippen LogP contribution in [-0.2, 0) is 11.2 Å². The third kappa shape index (κ3) is 4.86. The molecule has 0 saturated carbocycles. The third-order valence-corrected chi connectivity index (χ3v) is 4.94. The number of halogens is 1. The molecule has 0 aliphatic carbocycles. The summed E-state index contributed by atoms with van der Waals surface area (Å²) < 4.78 is 5.23. The minimum Gasteiger partial charge on any atom is -0.339 e. The highest BCUT2D eigenvalue weighted by Crippen LogP contribution is 2.23. The Morgan fingerprint density at radius 2 is 2.04 bits per heavy atom. The first kappa shape index (κ1) is 18.5. The van der Waals surface area contributed by atoms with Crippen LogP contribution in [0.3, 0.4) is 0 Å². The largest absolute Gasteiger partial charge is 0.339 e. The van der Waals surface area contributed by atoms with Crippen LogP contribution in [0.2, 0.25) is 5.02 Å². The van der Waals surface area contributed by atoms with Crippen LogP contribution in [0.5, 0.6) is 0 Å². The average molecular weight is 392 g/mol. The molecule has 3 aromatic rings. The topological polar surface area (TPSA) is 93.8 Å². The maximum absolute atomic E-state index is 12.0. The van der Waals surface area contributed by atoms with Crippen molar-refractivity contribution in [2.24, 2.45) is 0 Å². The van der Waals surface area contributed by atoms with E-state index in [1.165, 1.54) is 11.3 Å². The van der Waals surface area contributed by atoms with Gasteiger partial charge in [0.05, 0.1) is 0 Å². The van der Waals surface area contributed by atoms with Gasteiger partial charge in [0.1, 0.15) is 5.01 Å². The van der Waals surface area contributed by atoms with Gasteiger partial charge in [0.2, 0.25) is 22.8 Å². The summed E-state index contributed by atoms with van der Waals surface area (Å²) in [5, 5.41) is 16.8. The van der Waals surface area contributed by atoms with Gasteiger partial charge in [-0.25, -0.2) is 0 Å². The van der Waals surface area contributed by atoms with E-state index in [2.05, 4.69) is 25.7 Å². The van der Waals surface area contributed by atoms with Gasteiger partial charge in [-0.1, -0.05) is 41.9 Å². The first-order valence-corrected chi connectivity index (χ1v) is 9.42. The van der Waals surface area contributed by atoms with Gasteiger partial charge < -0.3 is 9.84 Å². The first-order valence-electron chi connectivity index (χ1n) is 8.23. The van der Waals surface area contributed by atoms with Gasteiger partial charge in [0, 0.05) is 29.3 Å². The van der Waals surface area contributed by atoms with Crippen LogP contribution in [0.4, 0.5) is 5.13 Å². The van der Waals surface area contributed by atoms with E-state index >= 15 is 0 Å². The summed E-state index contributed by atoms with van der Waals surface area (Å²) in [6.07, 6.45) is 1.47. The average Bonchev–Trinajstić information content (AvgIpc) is 3.25. The molecule has 0 spiro atoms. The second kappa shape index (κ2) is 8.37. The zero-order chi connectivity index (χ0) is 18.5. The number of amides is 1. The Morgan fingerprint density at radius 3 is 2.73 bits per heavy atom. The number of hydrogen-bond donors (Lipinski definition) is 1. The summed E-state index contributed by atoms with van der Waals surface area (Å²) >= 11 is 7.26. The van der Waals surface area contributed by atoms with E-state index in [1.54, 1.807) is 12.1 Å². The van der Waals surface area contributed by atoms with Crippen molar-refractivity contribution in [1.82, 2.24) is 20.3 Å². The van der Waals surface area contributed by atoms with Crippen molar-refractivity contribution >= 4 is 34.0 Å². The minimum absolute atomic E-state index is 0.103. The number of aryl methyl sites for hydroxylation is 1. The molecule has 1 amide bonds. The predicted octanol–water partition coefficient (Wildman–Crippen LogP) is 4.33. The molecule has 3 rings (SSSR count). The second-order valence-electron chi connectivity index (χ2n) is 6.02. The molecule has 0 unspecified atom stereocenters. The van der Waals surface area contributed by atoms with Gasteiger partial charge in [-0.15, -0.1) is 10.2 Å². The molecular formula is C17H18ClN5O2S. The standard InChI is InChI=1S/C17H18ClN5O2S/c1-10(2)16-21-22-17(26-16)19-13(24)4-3-5-14-20-15(23-25-14)11-6-8-12(18)9-7-11/h6-10H,3-5H2,1-2H3,(H,19,22,24). The van der Waals surface area contributed by atoms with Gasteiger partial charge >= 0.3 is 0 Å². The predicted molar refractivity (Wildman–Crippen MR) is 100 cm³/mol. The van der Waals surface area contributed by atoms with E-state index in [1.807, 2.05) is 26.0 Å². The smallest absolute Gasteiger partial charge is 0.226 e. The number of nitrogens with one attached hydrogen (secondary N) is 1. The Bertz CT molecular complexity index is 875. The number of aromatic nitrogens is 4. The van der Waals surface area contributed by atoms with Gasteiger partial charge in [0.15, 0.2) is 0 Å². The van der Waals surface area contributed by atoms with Crippen molar-refractivity contribution in [2.75, 3.05) is 5.32 Å². The number of carbonyl (C=O) groups excluding carboxylic acids is 1. The molecule has 26 heavy (non-hydrogen) atoms. The lowest BCUT2D eigenvalue weighted by molar-refractivity contribution is -0.116. The van der Waals surface area contributed by atoms with Gasteiger partial charge in [-0.05, 0) is 30.7 Å². The van der Waals surface area contributed by atoms with E-state index in [4.69, 9.17) is 16.1 Å². The Morgan fingerprint density at radius 1 is 1.27 bits per heavy atom. The Kier molecular flexibility index (Phi) is 5.95. The fourth-order valence-electron chi connectivity index (χ4n) is 2.17. The van der Waals surface area contributed by atoms with Crippen molar-refractivity contribution in [3.8, 4) is 11.4 Å². The van der Waals surface area contributed by atoms with E-state index in [-0.39, 0.29) is 5.91 Å². The summed E-state index contributed by atoms with van der Waals surface area (Å²) in [6.45, 7) is 4.07. The maximum Gasteiger partial charge on any atom is 0.226 e. The zero-order valence-electron chi connectivity index (χ0n) is 14.4. The quantitative estimate of drug-likeness (QED) is 0.644. The van der Waals surface area contributed by atoms with Crippen LogP contribution in [0.15, 0.2) is 28.8 Å². The van der Waals surface area contributed by atoms with E-state index in [0.717, 1.165) is 10.6 Å². The summed E-state index contributed by atoms with van der Waals surface area (Å²) in [4.78, 5) is 16.3. The normalized spacial score (nSPS) is 11.1. The molecule has 7 nitrogen and oxygen atoms in total. The summed E-state index contributed by atoms with van der Waals surface area (Å²) in [7, 11) is 0. The monoisotopic (exact) mass is 391 g/mol. The Labute approximate surface area is 159 Å². The summed E-state index contributed by atoms with van der Waals surface area (Å²) in [6, 6.07) is 7.21. The van der Waals surface area contributed by atoms with Gasteiger partial charge in [-0.2, -0.15) is 4.98 Å². The van der Waals surface area contributed by atoms with Gasteiger partial charge in [-0.3, -0.25) is 4.79 Å². The van der Waals surface area contributed by atoms with Crippen LogP contribution in [0.1, 0.15) is 43.5 Å². The fourth-order valence-corrected chi connectivity index (χ4v) is 3.06. The molecule has 0 fully saturated rings. The molecule has 9 heteroatoms. The molecule has 0 bridgehead atoms. The highest BCUT2D eigenvalue weighted by atomic mass is 35.5. The van der Waals surface area contributed by atoms with Crippen LogP contribution in [0.25, 0.3) is 11.4 Å². The number of rotatable bonds is 7. The molecular weight excluding hydrogens is 374 g/mol. The molecule has 2 aromatic heterocycles. The van der Waals surface area contributed by atoms with E-state index in [9.17, 15) is 4.79 Å². The lowest BCUT2D eigenvalue weighted by Gasteiger charge is -1.99. The van der Waals surface area contributed by atoms with Crippen molar-refractivity contribution < 1.29 is 9.32 Å². The summed E-state index contributed by atoms with van der Waals surface area (Å²) in [5.74, 6) is 1.20. The molecule has 2 heterocycles. The highest BCUT2D eigenvalue weighted by Gasteiger charge is 2.12. The minimum atomic E-state index is -0.103. The lowest BCUT2D eigenvalue weighted by atomic mass is 10.2. The molecule has 0 saturated heterocycles. The number of anilines is 1. The number of benzene rings is 1. The van der Waals surface area contributed by atoms with Gasteiger partial charge in [0.25, 0.3) is 0 Å². The van der Waals surface area contributed by atoms with Crippen LogP contribution >= 0.6 is 22.9 Å². The molecule has 1 aromatic carbocycles. The Balaban J connectivity index is 1.47. The van der Waals surface area contributed by atoms with E-state index in [0.29, 0.717) is 47.0 Å². The molecule has 0 aliphatic rings. The molecule has 0 aliphatic heterocycles. The summed E-state index contributed by atoms with van der Waals surface area (Å²) in [5.41, 5.74) is 0.833. The van der Waals surface area contributed by atoms with E-state index < -0.39 is 0 Å². The first-order chi connectivity index (χ1) is 12.5. The maximum atomic E-state index is 12.0. The molecule has 0 radical (unpaired) electrons. The van der Waals surface area contributed by atoms with Crippen molar-refractivity contribution in [3.05, 3.63) is 40.2 Å². The Hall–Kier alpha value is -2.32.